The molecule has 1 heterocycles. The largest absolute Gasteiger partial charge is 0.574 e. The number of ether oxygens (including phenoxy) is 1. The molecule has 0 aliphatic carbocycles. The highest BCUT2D eigenvalue weighted by molar-refractivity contribution is 9.10. The lowest BCUT2D eigenvalue weighted by Gasteiger charge is -2.09. The molecule has 2 nitrogen and oxygen atoms in total. The Morgan fingerprint density at radius 3 is 2.57 bits per heavy atom. The van der Waals surface area contributed by atoms with E-state index in [-0.39, 0.29) is 10.4 Å². The monoisotopic (exact) mass is 289 g/mol. The lowest BCUT2D eigenvalue weighted by molar-refractivity contribution is -0.276. The van der Waals surface area contributed by atoms with Crippen molar-refractivity contribution in [3.63, 3.8) is 0 Å². The average molecular weight is 290 g/mol. The average Bonchev–Trinajstić information content (AvgIpc) is 2.06. The summed E-state index contributed by atoms with van der Waals surface area (Å²) in [4.78, 5) is 3.46. The van der Waals surface area contributed by atoms with Crippen LogP contribution >= 0.6 is 27.5 Å². The van der Waals surface area contributed by atoms with Crippen molar-refractivity contribution in [2.24, 2.45) is 0 Å². The van der Waals surface area contributed by atoms with Crippen LogP contribution in [0, 0.1) is 0 Å². The van der Waals surface area contributed by atoms with Crippen LogP contribution in [0.4, 0.5) is 13.2 Å². The summed E-state index contributed by atoms with van der Waals surface area (Å²) < 4.78 is 39.1. The fourth-order valence-electron chi connectivity index (χ4n) is 0.723. The zero-order valence-electron chi connectivity index (χ0n) is 6.61. The molecule has 0 spiro atoms. The van der Waals surface area contributed by atoms with Gasteiger partial charge in [0.1, 0.15) is 0 Å². The Labute approximate surface area is 91.2 Å². The van der Waals surface area contributed by atoms with E-state index in [1.54, 1.807) is 0 Å². The van der Waals surface area contributed by atoms with Gasteiger partial charge in [0.05, 0.1) is 4.47 Å². The maximum Gasteiger partial charge on any atom is 0.574 e. The summed E-state index contributed by atoms with van der Waals surface area (Å²) in [5.41, 5.74) is 0.605. The molecule has 0 saturated carbocycles. The van der Waals surface area contributed by atoms with Gasteiger partial charge in [-0.3, -0.25) is 0 Å². The molecule has 1 aromatic heterocycles. The van der Waals surface area contributed by atoms with Crippen molar-refractivity contribution in [2.75, 3.05) is 0 Å². The number of hydrogen-bond acceptors (Lipinski definition) is 2. The fraction of sp³-hybridized carbons (Fsp3) is 0.286. The molecule has 0 unspecified atom stereocenters. The van der Waals surface area contributed by atoms with Crippen molar-refractivity contribution in [1.29, 1.82) is 0 Å². The van der Waals surface area contributed by atoms with Gasteiger partial charge >= 0.3 is 6.36 Å². The Kier molecular flexibility index (Phi) is 3.60. The van der Waals surface area contributed by atoms with Crippen LogP contribution in [0.1, 0.15) is 5.56 Å². The SMILES string of the molecule is FC(F)(F)Oc1ncc(CCl)cc1Br. The van der Waals surface area contributed by atoms with Crippen molar-refractivity contribution < 1.29 is 17.9 Å². The molecule has 0 radical (unpaired) electrons. The molecule has 0 amide bonds. The van der Waals surface area contributed by atoms with Gasteiger partial charge in [0.2, 0.25) is 5.88 Å². The van der Waals surface area contributed by atoms with Crippen molar-refractivity contribution in [3.05, 3.63) is 22.3 Å². The van der Waals surface area contributed by atoms with Crippen LogP contribution < -0.4 is 4.74 Å². The summed E-state index contributed by atoms with van der Waals surface area (Å²) >= 11 is 8.35. The molecule has 0 aliphatic heterocycles. The van der Waals surface area contributed by atoms with E-state index >= 15 is 0 Å². The molecule has 1 rings (SSSR count). The van der Waals surface area contributed by atoms with Crippen molar-refractivity contribution in [1.82, 2.24) is 4.98 Å². The molecule has 14 heavy (non-hydrogen) atoms. The van der Waals surface area contributed by atoms with E-state index in [1.165, 1.54) is 12.3 Å². The molecule has 1 aromatic rings. The second-order valence-electron chi connectivity index (χ2n) is 2.31. The fourth-order valence-corrected chi connectivity index (χ4v) is 1.35. The van der Waals surface area contributed by atoms with Crippen LogP contribution in [0.2, 0.25) is 0 Å². The number of halogens is 5. The quantitative estimate of drug-likeness (QED) is 0.778. The topological polar surface area (TPSA) is 22.1 Å². The van der Waals surface area contributed by atoms with E-state index in [2.05, 4.69) is 25.7 Å². The molecular formula is C7H4BrClF3NO. The third-order valence-corrected chi connectivity index (χ3v) is 2.11. The van der Waals surface area contributed by atoms with Gasteiger partial charge in [-0.05, 0) is 27.6 Å². The van der Waals surface area contributed by atoms with Gasteiger partial charge in [0, 0.05) is 12.1 Å². The van der Waals surface area contributed by atoms with E-state index in [1.807, 2.05) is 0 Å². The van der Waals surface area contributed by atoms with Gasteiger partial charge in [-0.15, -0.1) is 24.8 Å². The van der Waals surface area contributed by atoms with Gasteiger partial charge in [-0.1, -0.05) is 0 Å². The van der Waals surface area contributed by atoms with E-state index < -0.39 is 12.2 Å². The normalized spacial score (nSPS) is 11.5. The van der Waals surface area contributed by atoms with Gasteiger partial charge in [-0.25, -0.2) is 4.98 Å². The lowest BCUT2D eigenvalue weighted by atomic mass is 10.3. The Morgan fingerprint density at radius 1 is 1.50 bits per heavy atom. The molecule has 0 fully saturated rings. The highest BCUT2D eigenvalue weighted by atomic mass is 79.9. The zero-order chi connectivity index (χ0) is 10.8. The molecule has 0 aliphatic rings. The molecule has 0 aromatic carbocycles. The molecular weight excluding hydrogens is 286 g/mol. The predicted octanol–water partition coefficient (Wildman–Crippen LogP) is 3.48. The Hall–Kier alpha value is -0.490. The number of alkyl halides is 4. The third-order valence-electron chi connectivity index (χ3n) is 1.23. The van der Waals surface area contributed by atoms with Gasteiger partial charge in [-0.2, -0.15) is 0 Å². The zero-order valence-corrected chi connectivity index (χ0v) is 8.95. The maximum absolute atomic E-state index is 11.8. The molecule has 78 valence electrons. The molecule has 0 bridgehead atoms. The number of aromatic nitrogens is 1. The summed E-state index contributed by atoms with van der Waals surface area (Å²) in [7, 11) is 0. The van der Waals surface area contributed by atoms with Crippen LogP contribution in [-0.4, -0.2) is 11.3 Å². The number of hydrogen-bond donors (Lipinski definition) is 0. The van der Waals surface area contributed by atoms with E-state index in [0.717, 1.165) is 0 Å². The first-order valence-electron chi connectivity index (χ1n) is 3.38. The number of rotatable bonds is 2. The number of pyridine rings is 1. The predicted molar refractivity (Wildman–Crippen MR) is 48.2 cm³/mol. The van der Waals surface area contributed by atoms with Crippen LogP contribution in [0.3, 0.4) is 0 Å². The van der Waals surface area contributed by atoms with Crippen LogP contribution in [0.25, 0.3) is 0 Å². The van der Waals surface area contributed by atoms with Gasteiger partial charge in [0.15, 0.2) is 0 Å². The Morgan fingerprint density at radius 2 is 2.14 bits per heavy atom. The van der Waals surface area contributed by atoms with Crippen LogP contribution in [-0.2, 0) is 5.88 Å². The van der Waals surface area contributed by atoms with Crippen LogP contribution in [0.5, 0.6) is 5.88 Å². The second kappa shape index (κ2) is 4.35. The van der Waals surface area contributed by atoms with Crippen molar-refractivity contribution in [2.45, 2.75) is 12.2 Å². The first-order chi connectivity index (χ1) is 6.42. The van der Waals surface area contributed by atoms with Gasteiger partial charge in [0.25, 0.3) is 0 Å². The van der Waals surface area contributed by atoms with Crippen LogP contribution in [0.15, 0.2) is 16.7 Å². The molecule has 0 saturated heterocycles. The van der Waals surface area contributed by atoms with Gasteiger partial charge < -0.3 is 4.74 Å². The highest BCUT2D eigenvalue weighted by Crippen LogP contribution is 2.28. The summed E-state index contributed by atoms with van der Waals surface area (Å²) in [6.07, 6.45) is -3.52. The third kappa shape index (κ3) is 3.34. The summed E-state index contributed by atoms with van der Waals surface area (Å²) in [5.74, 6) is -0.343. The molecule has 0 N–H and O–H groups in total. The van der Waals surface area contributed by atoms with Crippen molar-refractivity contribution in [3.8, 4) is 5.88 Å². The van der Waals surface area contributed by atoms with E-state index in [4.69, 9.17) is 11.6 Å². The van der Waals surface area contributed by atoms with E-state index in [9.17, 15) is 13.2 Å². The minimum Gasteiger partial charge on any atom is -0.387 e. The summed E-state index contributed by atoms with van der Waals surface area (Å²) in [5, 5.41) is 0. The smallest absolute Gasteiger partial charge is 0.387 e. The minimum atomic E-state index is -4.74. The highest BCUT2D eigenvalue weighted by Gasteiger charge is 2.32. The second-order valence-corrected chi connectivity index (χ2v) is 3.43. The Balaban J connectivity index is 2.89. The lowest BCUT2D eigenvalue weighted by Crippen LogP contribution is -2.18. The summed E-state index contributed by atoms with van der Waals surface area (Å²) in [6, 6.07) is 1.42. The van der Waals surface area contributed by atoms with E-state index in [0.29, 0.717) is 5.56 Å². The number of nitrogens with zero attached hydrogens (tertiary/aromatic N) is 1. The van der Waals surface area contributed by atoms with Crippen molar-refractivity contribution >= 4 is 27.5 Å². The Bertz CT molecular complexity index is 331. The maximum atomic E-state index is 11.8. The standard InChI is InChI=1S/C7H4BrClF3NO/c8-5-1-4(2-9)3-13-6(5)14-7(10,11)12/h1,3H,2H2. The summed E-state index contributed by atoms with van der Waals surface area (Å²) in [6.45, 7) is 0. The minimum absolute atomic E-state index is 0.118. The first kappa shape index (κ1) is 11.6. The first-order valence-corrected chi connectivity index (χ1v) is 4.71. The molecule has 7 heteroatoms. The molecule has 0 atom stereocenters.